The van der Waals surface area contributed by atoms with Crippen LogP contribution in [0.25, 0.3) is 33.5 Å². The number of H-pyrrole nitrogens is 1. The minimum Gasteiger partial charge on any atom is -0.384 e. The average molecular weight is 375 g/mol. The first-order valence-corrected chi connectivity index (χ1v) is 9.77. The molecule has 1 aromatic carbocycles. The Morgan fingerprint density at radius 1 is 1.07 bits per heavy atom. The number of nitrogens with zero attached hydrogens (tertiary/aromatic N) is 3. The van der Waals surface area contributed by atoms with E-state index in [0.29, 0.717) is 11.9 Å². The predicted molar refractivity (Wildman–Crippen MR) is 109 cm³/mol. The van der Waals surface area contributed by atoms with Crippen LogP contribution in [0.1, 0.15) is 38.1 Å². The number of rotatable bonds is 3. The average Bonchev–Trinajstić information content (AvgIpc) is 3.35. The molecular formula is C22H22FN5. The van der Waals surface area contributed by atoms with Crippen molar-refractivity contribution in [2.24, 2.45) is 0 Å². The Morgan fingerprint density at radius 3 is 2.64 bits per heavy atom. The Morgan fingerprint density at radius 2 is 1.86 bits per heavy atom. The summed E-state index contributed by atoms with van der Waals surface area (Å²) in [6.07, 6.45) is 9.83. The number of anilines is 1. The van der Waals surface area contributed by atoms with E-state index in [4.69, 9.17) is 10.7 Å². The first-order chi connectivity index (χ1) is 13.7. The van der Waals surface area contributed by atoms with Crippen LogP contribution < -0.4 is 5.73 Å². The third-order valence-corrected chi connectivity index (χ3v) is 5.68. The Kier molecular flexibility index (Phi) is 4.11. The highest BCUT2D eigenvalue weighted by Crippen LogP contribution is 2.40. The molecule has 0 radical (unpaired) electrons. The fourth-order valence-corrected chi connectivity index (χ4v) is 4.34. The van der Waals surface area contributed by atoms with Gasteiger partial charge in [0.05, 0.1) is 17.7 Å². The number of nitrogens with one attached hydrogen (secondary N) is 1. The van der Waals surface area contributed by atoms with Gasteiger partial charge in [-0.3, -0.25) is 0 Å². The summed E-state index contributed by atoms with van der Waals surface area (Å²) >= 11 is 0. The maximum Gasteiger partial charge on any atom is 0.140 e. The summed E-state index contributed by atoms with van der Waals surface area (Å²) in [4.78, 5) is 12.3. The molecule has 1 aliphatic rings. The number of benzene rings is 1. The standard InChI is InChI=1S/C22H22FN5/c23-15-8-6-14(7-9-15)20-21(28(13-26-20)16-4-2-1-3-5-16)18-12-19(24)27-22-17(18)10-11-25-22/h6-13,16H,1-5H2,(H3,24,25,27). The summed E-state index contributed by atoms with van der Waals surface area (Å²) in [5.41, 5.74) is 10.6. The van der Waals surface area contributed by atoms with Gasteiger partial charge in [0.25, 0.3) is 0 Å². The molecule has 0 bridgehead atoms. The molecule has 1 aliphatic carbocycles. The third kappa shape index (κ3) is 2.85. The van der Waals surface area contributed by atoms with Crippen molar-refractivity contribution in [3.8, 4) is 22.5 Å². The van der Waals surface area contributed by atoms with Crippen LogP contribution >= 0.6 is 0 Å². The number of imidazole rings is 1. The number of aromatic amines is 1. The number of fused-ring (bicyclic) bond motifs is 1. The zero-order chi connectivity index (χ0) is 19.1. The normalized spacial score (nSPS) is 15.3. The summed E-state index contributed by atoms with van der Waals surface area (Å²) in [6, 6.07) is 10.9. The van der Waals surface area contributed by atoms with Crippen LogP contribution in [0.4, 0.5) is 10.2 Å². The lowest BCUT2D eigenvalue weighted by Gasteiger charge is -2.25. The Bertz CT molecular complexity index is 1120. The fourth-order valence-electron chi connectivity index (χ4n) is 4.34. The van der Waals surface area contributed by atoms with Crippen LogP contribution in [0.15, 0.2) is 48.9 Å². The third-order valence-electron chi connectivity index (χ3n) is 5.68. The van der Waals surface area contributed by atoms with E-state index in [9.17, 15) is 4.39 Å². The van der Waals surface area contributed by atoms with E-state index in [1.807, 2.05) is 24.7 Å². The van der Waals surface area contributed by atoms with Gasteiger partial charge in [0.1, 0.15) is 17.3 Å². The van der Waals surface area contributed by atoms with Gasteiger partial charge in [-0.15, -0.1) is 0 Å². The summed E-state index contributed by atoms with van der Waals surface area (Å²) in [7, 11) is 0. The molecule has 5 nitrogen and oxygen atoms in total. The number of hydrogen-bond donors (Lipinski definition) is 2. The second-order valence-corrected chi connectivity index (χ2v) is 7.48. The van der Waals surface area contributed by atoms with Crippen molar-refractivity contribution in [1.82, 2.24) is 19.5 Å². The molecule has 5 rings (SSSR count). The van der Waals surface area contributed by atoms with Crippen LogP contribution in [0.3, 0.4) is 0 Å². The molecule has 0 saturated heterocycles. The lowest BCUT2D eigenvalue weighted by molar-refractivity contribution is 0.355. The number of nitrogen functional groups attached to an aromatic ring is 1. The fraction of sp³-hybridized carbons (Fsp3) is 0.273. The Hall–Kier alpha value is -3.15. The second kappa shape index (κ2) is 6.78. The first-order valence-electron chi connectivity index (χ1n) is 9.77. The van der Waals surface area contributed by atoms with E-state index in [-0.39, 0.29) is 5.82 Å². The lowest BCUT2D eigenvalue weighted by atomic mass is 9.94. The molecule has 1 fully saturated rings. The van der Waals surface area contributed by atoms with Crippen molar-refractivity contribution in [2.45, 2.75) is 38.1 Å². The SMILES string of the molecule is Nc1cc(-c2c(-c3ccc(F)cc3)ncn2C2CCCCC2)c2cc[nH]c2n1. The number of halogens is 1. The van der Waals surface area contributed by atoms with Crippen LogP contribution in [0.5, 0.6) is 0 Å². The maximum atomic E-state index is 13.5. The van der Waals surface area contributed by atoms with Gasteiger partial charge in [-0.2, -0.15) is 0 Å². The van der Waals surface area contributed by atoms with Gasteiger partial charge >= 0.3 is 0 Å². The largest absolute Gasteiger partial charge is 0.384 e. The van der Waals surface area contributed by atoms with E-state index >= 15 is 0 Å². The molecular weight excluding hydrogens is 353 g/mol. The van der Waals surface area contributed by atoms with E-state index in [2.05, 4.69) is 14.5 Å². The van der Waals surface area contributed by atoms with Gasteiger partial charge in [-0.05, 0) is 49.2 Å². The highest BCUT2D eigenvalue weighted by atomic mass is 19.1. The summed E-state index contributed by atoms with van der Waals surface area (Å²) in [5, 5.41) is 1.01. The predicted octanol–water partition coefficient (Wildman–Crippen LogP) is 5.32. The van der Waals surface area contributed by atoms with E-state index in [1.54, 1.807) is 12.1 Å². The van der Waals surface area contributed by atoms with Gasteiger partial charge < -0.3 is 15.3 Å². The van der Waals surface area contributed by atoms with Crippen LogP contribution in [-0.2, 0) is 0 Å². The Balaban J connectivity index is 1.76. The topological polar surface area (TPSA) is 72.5 Å². The van der Waals surface area contributed by atoms with E-state index in [0.717, 1.165) is 46.4 Å². The molecule has 0 aliphatic heterocycles. The first kappa shape index (κ1) is 17.0. The number of hydrogen-bond acceptors (Lipinski definition) is 3. The smallest absolute Gasteiger partial charge is 0.140 e. The van der Waals surface area contributed by atoms with Crippen molar-refractivity contribution in [3.05, 3.63) is 54.7 Å². The molecule has 0 atom stereocenters. The molecule has 3 N–H and O–H groups in total. The molecule has 0 spiro atoms. The zero-order valence-corrected chi connectivity index (χ0v) is 15.5. The second-order valence-electron chi connectivity index (χ2n) is 7.48. The van der Waals surface area contributed by atoms with Crippen molar-refractivity contribution >= 4 is 16.9 Å². The highest BCUT2D eigenvalue weighted by Gasteiger charge is 2.24. The zero-order valence-electron chi connectivity index (χ0n) is 15.5. The number of aromatic nitrogens is 4. The van der Waals surface area contributed by atoms with Gasteiger partial charge in [0.15, 0.2) is 0 Å². The summed E-state index contributed by atoms with van der Waals surface area (Å²) in [6.45, 7) is 0. The molecule has 28 heavy (non-hydrogen) atoms. The van der Waals surface area contributed by atoms with Crippen molar-refractivity contribution in [1.29, 1.82) is 0 Å². The lowest BCUT2D eigenvalue weighted by Crippen LogP contribution is -2.13. The molecule has 142 valence electrons. The van der Waals surface area contributed by atoms with Crippen LogP contribution in [0.2, 0.25) is 0 Å². The Labute approximate surface area is 162 Å². The van der Waals surface area contributed by atoms with E-state index in [1.165, 1.54) is 31.4 Å². The minimum absolute atomic E-state index is 0.252. The van der Waals surface area contributed by atoms with Crippen molar-refractivity contribution in [3.63, 3.8) is 0 Å². The van der Waals surface area contributed by atoms with Crippen LogP contribution in [-0.4, -0.2) is 19.5 Å². The molecule has 3 heterocycles. The molecule has 4 aromatic rings. The van der Waals surface area contributed by atoms with Crippen molar-refractivity contribution < 1.29 is 4.39 Å². The monoisotopic (exact) mass is 375 g/mol. The van der Waals surface area contributed by atoms with Gasteiger partial charge in [-0.25, -0.2) is 14.4 Å². The van der Waals surface area contributed by atoms with Crippen molar-refractivity contribution in [2.75, 3.05) is 5.73 Å². The quantitative estimate of drug-likeness (QED) is 0.509. The summed E-state index contributed by atoms with van der Waals surface area (Å²) in [5.74, 6) is 0.213. The van der Waals surface area contributed by atoms with Crippen LogP contribution in [0, 0.1) is 5.82 Å². The summed E-state index contributed by atoms with van der Waals surface area (Å²) < 4.78 is 15.8. The van der Waals surface area contributed by atoms with Gasteiger partial charge in [0, 0.05) is 28.8 Å². The van der Waals surface area contributed by atoms with Gasteiger partial charge in [-0.1, -0.05) is 19.3 Å². The number of nitrogens with two attached hydrogens (primary N) is 1. The molecule has 1 saturated carbocycles. The number of pyridine rings is 1. The molecule has 6 heteroatoms. The highest BCUT2D eigenvalue weighted by molar-refractivity contribution is 5.97. The van der Waals surface area contributed by atoms with Gasteiger partial charge in [0.2, 0.25) is 0 Å². The molecule has 3 aromatic heterocycles. The molecule has 0 amide bonds. The molecule has 0 unspecified atom stereocenters. The maximum absolute atomic E-state index is 13.5. The van der Waals surface area contributed by atoms with E-state index < -0.39 is 0 Å². The minimum atomic E-state index is -0.252.